The van der Waals surface area contributed by atoms with Crippen LogP contribution in [0.4, 0.5) is 17.6 Å². The molecule has 0 aliphatic rings. The number of hydrogen-bond acceptors (Lipinski definition) is 4. The van der Waals surface area contributed by atoms with Gasteiger partial charge in [0, 0.05) is 6.07 Å². The Morgan fingerprint density at radius 1 is 1.32 bits per heavy atom. The lowest BCUT2D eigenvalue weighted by Crippen LogP contribution is -2.40. The Morgan fingerprint density at radius 2 is 1.86 bits per heavy atom. The van der Waals surface area contributed by atoms with Crippen molar-refractivity contribution in [3.8, 4) is 5.75 Å². The van der Waals surface area contributed by atoms with Gasteiger partial charge < -0.3 is 15.2 Å². The minimum absolute atomic E-state index is 0.0626. The normalized spacial score (nSPS) is 12.3. The lowest BCUT2D eigenvalue weighted by molar-refractivity contribution is -0.140. The van der Waals surface area contributed by atoms with Gasteiger partial charge in [-0.05, 0) is 0 Å². The second-order valence-electron chi connectivity index (χ2n) is 3.95. The van der Waals surface area contributed by atoms with E-state index < -0.39 is 66.2 Å². The average molecular weight is 325 g/mol. The van der Waals surface area contributed by atoms with E-state index >= 15 is 0 Å². The van der Waals surface area contributed by atoms with Gasteiger partial charge in [0.15, 0.2) is 23.2 Å². The average Bonchev–Trinajstić information content (AvgIpc) is 2.43. The van der Waals surface area contributed by atoms with Crippen molar-refractivity contribution in [2.45, 2.75) is 12.5 Å². The number of carboxylic acids is 1. The Bertz CT molecular complexity index is 613. The second kappa shape index (κ2) is 7.38. The van der Waals surface area contributed by atoms with Gasteiger partial charge in [-0.15, -0.1) is 0 Å². The highest BCUT2D eigenvalue weighted by Gasteiger charge is 2.25. The molecule has 22 heavy (non-hydrogen) atoms. The predicted octanol–water partition coefficient (Wildman–Crippen LogP) is 0.780. The third-order valence-electron chi connectivity index (χ3n) is 2.43. The number of halogens is 4. The minimum atomic E-state index is -1.88. The molecule has 0 saturated heterocycles. The fraction of sp³-hybridized carbons (Fsp3) is 0.250. The van der Waals surface area contributed by atoms with Crippen LogP contribution in [0.25, 0.3) is 0 Å². The van der Waals surface area contributed by atoms with E-state index in [-0.39, 0.29) is 6.07 Å². The number of ketones is 1. The Balaban J connectivity index is 2.89. The van der Waals surface area contributed by atoms with Crippen LogP contribution < -0.4 is 10.1 Å². The zero-order chi connectivity index (χ0) is 17.7. The van der Waals surface area contributed by atoms with Gasteiger partial charge in [0.25, 0.3) is 0 Å². The molecule has 10 heteroatoms. The van der Waals surface area contributed by atoms with Crippen molar-refractivity contribution in [1.29, 1.82) is 0 Å². The molecule has 1 atom stereocenters. The zero-order valence-electron chi connectivity index (χ0n) is 11.7. The first-order valence-corrected chi connectivity index (χ1v) is 5.60. The van der Waals surface area contributed by atoms with Gasteiger partial charge in [-0.25, -0.2) is 8.78 Å². The van der Waals surface area contributed by atoms with Crippen LogP contribution >= 0.6 is 0 Å². The van der Waals surface area contributed by atoms with Crippen molar-refractivity contribution in [1.82, 2.24) is 5.32 Å². The van der Waals surface area contributed by atoms with Crippen LogP contribution in [0.3, 0.4) is 0 Å². The molecule has 0 aliphatic carbocycles. The van der Waals surface area contributed by atoms with Gasteiger partial charge in [-0.1, -0.05) is 0 Å². The van der Waals surface area contributed by atoms with E-state index in [0.717, 1.165) is 0 Å². The number of ether oxygens (including phenoxy) is 1. The third kappa shape index (κ3) is 4.17. The number of carboxylic acid groups (broad SMARTS) is 1. The molecule has 1 aromatic carbocycles. The maximum absolute atomic E-state index is 13.3. The summed E-state index contributed by atoms with van der Waals surface area (Å²) in [5.41, 5.74) is 0. The number of rotatable bonds is 7. The van der Waals surface area contributed by atoms with E-state index in [1.54, 1.807) is 5.32 Å². The van der Waals surface area contributed by atoms with E-state index in [1.807, 2.05) is 0 Å². The van der Waals surface area contributed by atoms with E-state index in [1.165, 1.54) is 0 Å². The summed E-state index contributed by atoms with van der Waals surface area (Å²) in [5, 5.41) is 10.2. The van der Waals surface area contributed by atoms with Crippen molar-refractivity contribution in [2.75, 3.05) is 6.61 Å². The number of Topliss-reactive ketones (excluding diaryl/α,β-unsaturated/α-hetero) is 1. The summed E-state index contributed by atoms with van der Waals surface area (Å²) in [7, 11) is 0. The SMILES string of the molecule is [3H]C(=O)NC(CC(=O)O)C(=O)COc1c(F)c(F)cc(F)c1F. The summed E-state index contributed by atoms with van der Waals surface area (Å²) >= 11 is 0. The fourth-order valence-corrected chi connectivity index (χ4v) is 1.41. The lowest BCUT2D eigenvalue weighted by Gasteiger charge is -2.14. The Morgan fingerprint density at radius 3 is 2.32 bits per heavy atom. The van der Waals surface area contributed by atoms with Crippen molar-refractivity contribution in [2.24, 2.45) is 0 Å². The maximum atomic E-state index is 13.3. The van der Waals surface area contributed by atoms with Gasteiger partial charge in [-0.2, -0.15) is 8.78 Å². The molecule has 1 rings (SSSR count). The molecule has 6 nitrogen and oxygen atoms in total. The van der Waals surface area contributed by atoms with Crippen molar-refractivity contribution in [3.63, 3.8) is 0 Å². The molecule has 1 amide bonds. The first-order valence-electron chi connectivity index (χ1n) is 6.10. The van der Waals surface area contributed by atoms with Crippen LogP contribution in [0.2, 0.25) is 0 Å². The molecule has 0 radical (unpaired) electrons. The standard InChI is InChI=1S/C12H9F4NO5/c13-5-1-6(14)11(16)12(10(5)15)22-3-8(19)7(17-4-18)2-9(20)21/h1,4,7H,2-3H2,(H,17,18)(H,20,21)/i4T. The second-order valence-corrected chi connectivity index (χ2v) is 3.95. The molecular weight excluding hydrogens is 314 g/mol. The van der Waals surface area contributed by atoms with Crippen LogP contribution in [0.1, 0.15) is 7.79 Å². The van der Waals surface area contributed by atoms with Crippen LogP contribution in [-0.2, 0) is 14.4 Å². The number of hydrogen-bond donors (Lipinski definition) is 2. The summed E-state index contributed by atoms with van der Waals surface area (Å²) in [6.45, 7) is -1.19. The molecule has 0 bridgehead atoms. The van der Waals surface area contributed by atoms with E-state index in [2.05, 4.69) is 4.74 Å². The summed E-state index contributed by atoms with van der Waals surface area (Å²) in [6, 6.07) is -1.77. The first kappa shape index (κ1) is 15.7. The maximum Gasteiger partial charge on any atom is 0.305 e. The number of carbonyl (C=O) groups excluding carboxylic acids is 2. The number of benzene rings is 1. The molecule has 0 heterocycles. The van der Waals surface area contributed by atoms with E-state index in [4.69, 9.17) is 6.48 Å². The summed E-state index contributed by atoms with van der Waals surface area (Å²) in [4.78, 5) is 32.8. The van der Waals surface area contributed by atoms with Gasteiger partial charge in [0.1, 0.15) is 14.0 Å². The number of amides is 1. The van der Waals surface area contributed by atoms with Gasteiger partial charge in [0.2, 0.25) is 18.0 Å². The summed E-state index contributed by atoms with van der Waals surface area (Å²) in [5.74, 6) is -11.4. The molecule has 1 aromatic rings. The van der Waals surface area contributed by atoms with E-state index in [9.17, 15) is 31.9 Å². The monoisotopic (exact) mass is 325 g/mol. The molecule has 0 spiro atoms. The van der Waals surface area contributed by atoms with Crippen LogP contribution in [0.5, 0.6) is 5.75 Å². The minimum Gasteiger partial charge on any atom is -0.481 e. The molecule has 0 saturated carbocycles. The quantitative estimate of drug-likeness (QED) is 0.439. The molecule has 2 N–H and O–H groups in total. The highest BCUT2D eigenvalue weighted by Crippen LogP contribution is 2.26. The number of carbonyl (C=O) groups is 3. The predicted molar refractivity (Wildman–Crippen MR) is 62.0 cm³/mol. The number of aliphatic carboxylic acids is 1. The summed E-state index contributed by atoms with van der Waals surface area (Å²) < 4.78 is 63.4. The highest BCUT2D eigenvalue weighted by atomic mass is 19.2. The Hall–Kier alpha value is -2.65. The topological polar surface area (TPSA) is 92.7 Å². The molecule has 0 fully saturated rings. The molecular formula is C12H9F4NO5. The molecule has 120 valence electrons. The Kier molecular flexibility index (Phi) is 5.28. The van der Waals surface area contributed by atoms with E-state index in [0.29, 0.717) is 0 Å². The van der Waals surface area contributed by atoms with Crippen molar-refractivity contribution in [3.05, 3.63) is 29.3 Å². The zero-order valence-corrected chi connectivity index (χ0v) is 10.7. The van der Waals surface area contributed by atoms with Gasteiger partial charge in [-0.3, -0.25) is 14.4 Å². The molecule has 1 unspecified atom stereocenters. The van der Waals surface area contributed by atoms with Gasteiger partial charge in [0.05, 0.1) is 6.42 Å². The van der Waals surface area contributed by atoms with Crippen molar-refractivity contribution >= 4 is 18.1 Å². The van der Waals surface area contributed by atoms with Crippen molar-refractivity contribution < 1.29 is 43.2 Å². The third-order valence-corrected chi connectivity index (χ3v) is 2.43. The molecule has 0 aromatic heterocycles. The number of nitrogens with one attached hydrogen (secondary N) is 1. The summed E-state index contributed by atoms with van der Waals surface area (Å²) in [6.07, 6.45) is -2.39. The smallest absolute Gasteiger partial charge is 0.305 e. The largest absolute Gasteiger partial charge is 0.481 e. The fourth-order valence-electron chi connectivity index (χ4n) is 1.41. The molecule has 0 aliphatic heterocycles. The van der Waals surface area contributed by atoms with Gasteiger partial charge >= 0.3 is 5.97 Å². The van der Waals surface area contributed by atoms with Crippen LogP contribution in [-0.4, -0.2) is 35.9 Å². The Labute approximate surface area is 122 Å². The van der Waals surface area contributed by atoms with Crippen LogP contribution in [0, 0.1) is 23.3 Å². The highest BCUT2D eigenvalue weighted by molar-refractivity contribution is 5.90. The lowest BCUT2D eigenvalue weighted by atomic mass is 10.1. The van der Waals surface area contributed by atoms with Crippen LogP contribution in [0.15, 0.2) is 6.07 Å². The first-order chi connectivity index (χ1) is 10.6.